The van der Waals surface area contributed by atoms with E-state index in [1.807, 2.05) is 13.2 Å². The highest BCUT2D eigenvalue weighted by molar-refractivity contribution is 14.0. The van der Waals surface area contributed by atoms with Crippen molar-refractivity contribution >= 4 is 41.3 Å². The van der Waals surface area contributed by atoms with Crippen LogP contribution in [0.15, 0.2) is 11.2 Å². The quantitative estimate of drug-likeness (QED) is 0.391. The molecular formula is C15H28IN5S. The fraction of sp³-hybridized carbons (Fsp3) is 0.733. The van der Waals surface area contributed by atoms with Crippen molar-refractivity contribution in [1.82, 2.24) is 20.5 Å². The number of thiazole rings is 1. The molecule has 0 spiro atoms. The van der Waals surface area contributed by atoms with E-state index in [1.54, 1.807) is 11.3 Å². The second-order valence-electron chi connectivity index (χ2n) is 5.63. The van der Waals surface area contributed by atoms with Crippen LogP contribution >= 0.6 is 35.3 Å². The Labute approximate surface area is 155 Å². The van der Waals surface area contributed by atoms with Crippen molar-refractivity contribution in [3.05, 3.63) is 16.1 Å². The fourth-order valence-corrected chi connectivity index (χ4v) is 3.01. The van der Waals surface area contributed by atoms with Crippen molar-refractivity contribution in [3.63, 3.8) is 0 Å². The number of guanidine groups is 1. The molecule has 5 nitrogen and oxygen atoms in total. The Morgan fingerprint density at radius 3 is 2.77 bits per heavy atom. The van der Waals surface area contributed by atoms with Gasteiger partial charge in [0, 0.05) is 36.8 Å². The number of rotatable bonds is 7. The van der Waals surface area contributed by atoms with Crippen molar-refractivity contribution in [3.8, 4) is 0 Å². The first-order valence-corrected chi connectivity index (χ1v) is 8.55. The van der Waals surface area contributed by atoms with E-state index >= 15 is 0 Å². The number of aliphatic imine (C=N–C) groups is 1. The van der Waals surface area contributed by atoms with E-state index in [2.05, 4.69) is 46.4 Å². The van der Waals surface area contributed by atoms with Gasteiger partial charge in [0.05, 0.1) is 6.54 Å². The Morgan fingerprint density at radius 1 is 1.50 bits per heavy atom. The largest absolute Gasteiger partial charge is 0.355 e. The van der Waals surface area contributed by atoms with E-state index in [0.717, 1.165) is 36.5 Å². The number of nitrogens with one attached hydrogen (secondary N) is 2. The first-order chi connectivity index (χ1) is 10.1. The molecule has 0 saturated heterocycles. The van der Waals surface area contributed by atoms with Crippen molar-refractivity contribution in [2.75, 3.05) is 20.6 Å². The van der Waals surface area contributed by atoms with Gasteiger partial charge in [-0.15, -0.1) is 35.3 Å². The summed E-state index contributed by atoms with van der Waals surface area (Å²) < 4.78 is 0. The molecular weight excluding hydrogens is 409 g/mol. The number of hydrogen-bond donors (Lipinski definition) is 2. The Morgan fingerprint density at radius 2 is 2.23 bits per heavy atom. The number of nitrogens with zero attached hydrogens (tertiary/aromatic N) is 3. The zero-order valence-corrected chi connectivity index (χ0v) is 17.1. The van der Waals surface area contributed by atoms with E-state index in [-0.39, 0.29) is 24.0 Å². The summed E-state index contributed by atoms with van der Waals surface area (Å²) >= 11 is 1.76. The molecule has 1 heterocycles. The SMILES string of the molecule is CCc1cnc(CNC(=NC)NCC(C)N(C)C2CC2)s1.I. The third-order valence-corrected chi connectivity index (χ3v) is 5.11. The fourth-order valence-electron chi connectivity index (χ4n) is 2.20. The summed E-state index contributed by atoms with van der Waals surface area (Å²) in [4.78, 5) is 12.5. The maximum atomic E-state index is 4.41. The van der Waals surface area contributed by atoms with Crippen LogP contribution in [0.1, 0.15) is 36.6 Å². The van der Waals surface area contributed by atoms with Gasteiger partial charge in [-0.3, -0.25) is 9.89 Å². The van der Waals surface area contributed by atoms with Gasteiger partial charge in [-0.05, 0) is 33.2 Å². The second kappa shape index (κ2) is 9.67. The lowest BCUT2D eigenvalue weighted by molar-refractivity contribution is 0.247. The summed E-state index contributed by atoms with van der Waals surface area (Å²) in [5.74, 6) is 0.847. The predicted molar refractivity (Wildman–Crippen MR) is 105 cm³/mol. The minimum absolute atomic E-state index is 0. The van der Waals surface area contributed by atoms with Gasteiger partial charge in [-0.25, -0.2) is 4.98 Å². The van der Waals surface area contributed by atoms with Crippen molar-refractivity contribution in [2.24, 2.45) is 4.99 Å². The molecule has 1 fully saturated rings. The third kappa shape index (κ3) is 6.00. The monoisotopic (exact) mass is 437 g/mol. The smallest absolute Gasteiger partial charge is 0.191 e. The summed E-state index contributed by atoms with van der Waals surface area (Å²) in [6.45, 7) is 6.05. The van der Waals surface area contributed by atoms with Crippen LogP contribution in [0, 0.1) is 0 Å². The van der Waals surface area contributed by atoms with Gasteiger partial charge >= 0.3 is 0 Å². The molecule has 2 N–H and O–H groups in total. The highest BCUT2D eigenvalue weighted by Gasteiger charge is 2.28. The molecule has 1 aliphatic rings. The molecule has 22 heavy (non-hydrogen) atoms. The average Bonchev–Trinajstić information content (AvgIpc) is 3.25. The first-order valence-electron chi connectivity index (χ1n) is 7.74. The number of aromatic nitrogens is 1. The highest BCUT2D eigenvalue weighted by Crippen LogP contribution is 2.26. The summed E-state index contributed by atoms with van der Waals surface area (Å²) in [6, 6.07) is 1.31. The molecule has 7 heteroatoms. The Kier molecular flexibility index (Phi) is 8.63. The van der Waals surface area contributed by atoms with Crippen LogP contribution in [0.3, 0.4) is 0 Å². The number of hydrogen-bond acceptors (Lipinski definition) is 4. The average molecular weight is 437 g/mol. The molecule has 1 unspecified atom stereocenters. The van der Waals surface area contributed by atoms with Gasteiger partial charge in [0.15, 0.2) is 5.96 Å². The standard InChI is InChI=1S/C15H27N5S.HI/c1-5-13-9-17-14(21-13)10-19-15(16-3)18-8-11(2)20(4)12-6-7-12;/h9,11-12H,5-8,10H2,1-4H3,(H2,16,18,19);1H. The molecule has 0 bridgehead atoms. The zero-order chi connectivity index (χ0) is 15.2. The maximum Gasteiger partial charge on any atom is 0.191 e. The molecule has 126 valence electrons. The minimum atomic E-state index is 0. The number of likely N-dealkylation sites (N-methyl/N-ethyl adjacent to an activating group) is 1. The summed E-state index contributed by atoms with van der Waals surface area (Å²) in [7, 11) is 4.02. The van der Waals surface area contributed by atoms with Crippen LogP contribution in [0.25, 0.3) is 0 Å². The summed E-state index contributed by atoms with van der Waals surface area (Å²) in [5.41, 5.74) is 0. The van der Waals surface area contributed by atoms with Gasteiger partial charge in [0.25, 0.3) is 0 Å². The molecule has 0 aromatic carbocycles. The van der Waals surface area contributed by atoms with Crippen LogP contribution < -0.4 is 10.6 Å². The highest BCUT2D eigenvalue weighted by atomic mass is 127. The molecule has 0 aliphatic heterocycles. The first kappa shape index (κ1) is 19.6. The van der Waals surface area contributed by atoms with Gasteiger partial charge in [0.2, 0.25) is 0 Å². The molecule has 1 saturated carbocycles. The van der Waals surface area contributed by atoms with Gasteiger partial charge in [-0.1, -0.05) is 6.92 Å². The Hall–Kier alpha value is -0.410. The molecule has 1 atom stereocenters. The minimum Gasteiger partial charge on any atom is -0.355 e. The topological polar surface area (TPSA) is 52.6 Å². The second-order valence-corrected chi connectivity index (χ2v) is 6.83. The van der Waals surface area contributed by atoms with Crippen molar-refractivity contribution in [1.29, 1.82) is 0 Å². The van der Waals surface area contributed by atoms with E-state index in [4.69, 9.17) is 0 Å². The van der Waals surface area contributed by atoms with Gasteiger partial charge in [0.1, 0.15) is 5.01 Å². The van der Waals surface area contributed by atoms with Crippen LogP contribution in [0.2, 0.25) is 0 Å². The van der Waals surface area contributed by atoms with E-state index < -0.39 is 0 Å². The zero-order valence-electron chi connectivity index (χ0n) is 13.9. The van der Waals surface area contributed by atoms with E-state index in [1.165, 1.54) is 17.7 Å². The lowest BCUT2D eigenvalue weighted by Gasteiger charge is -2.25. The molecule has 1 aliphatic carbocycles. The van der Waals surface area contributed by atoms with Crippen molar-refractivity contribution < 1.29 is 0 Å². The molecule has 2 rings (SSSR count). The Bertz CT molecular complexity index is 472. The van der Waals surface area contributed by atoms with Gasteiger partial charge < -0.3 is 10.6 Å². The molecule has 0 radical (unpaired) electrons. The lowest BCUT2D eigenvalue weighted by atomic mass is 10.3. The van der Waals surface area contributed by atoms with Crippen LogP contribution in [-0.2, 0) is 13.0 Å². The molecule has 0 amide bonds. The van der Waals surface area contributed by atoms with Gasteiger partial charge in [-0.2, -0.15) is 0 Å². The lowest BCUT2D eigenvalue weighted by Crippen LogP contribution is -2.45. The van der Waals surface area contributed by atoms with Crippen LogP contribution in [-0.4, -0.2) is 48.6 Å². The van der Waals surface area contributed by atoms with Crippen molar-refractivity contribution in [2.45, 2.75) is 51.7 Å². The van der Waals surface area contributed by atoms with E-state index in [0.29, 0.717) is 6.04 Å². The third-order valence-electron chi connectivity index (χ3n) is 3.96. The maximum absolute atomic E-state index is 4.41. The molecule has 1 aromatic heterocycles. The predicted octanol–water partition coefficient (Wildman–Crippen LogP) is 2.47. The number of halogens is 1. The number of aryl methyl sites for hydroxylation is 1. The van der Waals surface area contributed by atoms with Crippen LogP contribution in [0.4, 0.5) is 0 Å². The Balaban J connectivity index is 0.00000242. The van der Waals surface area contributed by atoms with E-state index in [9.17, 15) is 0 Å². The molecule has 1 aromatic rings. The normalized spacial score (nSPS) is 16.3. The summed E-state index contributed by atoms with van der Waals surface area (Å²) in [6.07, 6.45) is 5.70. The van der Waals surface area contributed by atoms with Crippen LogP contribution in [0.5, 0.6) is 0 Å². The summed E-state index contributed by atoms with van der Waals surface area (Å²) in [5, 5.41) is 7.84.